The van der Waals surface area contributed by atoms with Gasteiger partial charge in [-0.2, -0.15) is 0 Å². The van der Waals surface area contributed by atoms with Gasteiger partial charge >= 0.3 is 0 Å². The van der Waals surface area contributed by atoms with Gasteiger partial charge in [0.05, 0.1) is 22.8 Å². The second-order valence-electron chi connectivity index (χ2n) is 4.48. The summed E-state index contributed by atoms with van der Waals surface area (Å²) in [6.45, 7) is 0. The van der Waals surface area contributed by atoms with Crippen molar-refractivity contribution in [2.45, 2.75) is 12.5 Å². The van der Waals surface area contributed by atoms with Gasteiger partial charge in [-0.15, -0.1) is 0 Å². The van der Waals surface area contributed by atoms with Gasteiger partial charge in [-0.3, -0.25) is 4.98 Å². The summed E-state index contributed by atoms with van der Waals surface area (Å²) in [5.74, 6) is 0. The third kappa shape index (κ3) is 2.61. The molecule has 3 aromatic rings. The van der Waals surface area contributed by atoms with Crippen LogP contribution in [0.3, 0.4) is 0 Å². The fourth-order valence-corrected chi connectivity index (χ4v) is 2.08. The first kappa shape index (κ1) is 11.8. The number of hydrogen-bond donors (Lipinski definition) is 1. The van der Waals surface area contributed by atoms with E-state index in [1.165, 1.54) is 0 Å². The molecule has 0 spiro atoms. The van der Waals surface area contributed by atoms with E-state index in [1.54, 1.807) is 6.20 Å². The van der Waals surface area contributed by atoms with Crippen molar-refractivity contribution in [1.82, 2.24) is 9.97 Å². The van der Waals surface area contributed by atoms with Crippen LogP contribution in [0.25, 0.3) is 11.0 Å². The van der Waals surface area contributed by atoms with Crippen LogP contribution < -0.4 is 0 Å². The normalized spacial score (nSPS) is 12.5. The Balaban J connectivity index is 1.85. The monoisotopic (exact) mass is 250 g/mol. The molecule has 0 unspecified atom stereocenters. The summed E-state index contributed by atoms with van der Waals surface area (Å²) in [6, 6.07) is 17.4. The van der Waals surface area contributed by atoms with Gasteiger partial charge in [-0.25, -0.2) is 4.98 Å². The lowest BCUT2D eigenvalue weighted by Gasteiger charge is -2.10. The van der Waals surface area contributed by atoms with Crippen LogP contribution in [0, 0.1) is 0 Å². The average Bonchev–Trinajstić information content (AvgIpc) is 2.48. The number of hydrogen-bond acceptors (Lipinski definition) is 3. The lowest BCUT2D eigenvalue weighted by molar-refractivity contribution is 0.177. The molecule has 3 nitrogen and oxygen atoms in total. The first-order valence-electron chi connectivity index (χ1n) is 6.26. The predicted molar refractivity (Wildman–Crippen MR) is 74.6 cm³/mol. The predicted octanol–water partition coefficient (Wildman–Crippen LogP) is 2.91. The average molecular weight is 250 g/mol. The van der Waals surface area contributed by atoms with Crippen LogP contribution in [0.15, 0.2) is 60.8 Å². The maximum absolute atomic E-state index is 10.2. The molecule has 0 aliphatic rings. The smallest absolute Gasteiger partial charge is 0.0890 e. The fraction of sp³-hybridized carbons (Fsp3) is 0.125. The van der Waals surface area contributed by atoms with Crippen LogP contribution >= 0.6 is 0 Å². The highest BCUT2D eigenvalue weighted by Gasteiger charge is 2.09. The Kier molecular flexibility index (Phi) is 3.21. The quantitative estimate of drug-likeness (QED) is 0.777. The summed E-state index contributed by atoms with van der Waals surface area (Å²) in [5, 5.41) is 10.2. The lowest BCUT2D eigenvalue weighted by Crippen LogP contribution is -2.04. The summed E-state index contributed by atoms with van der Waals surface area (Å²) < 4.78 is 0. The number of aliphatic hydroxyl groups is 1. The molecule has 0 amide bonds. The van der Waals surface area contributed by atoms with E-state index in [1.807, 2.05) is 54.6 Å². The van der Waals surface area contributed by atoms with Crippen molar-refractivity contribution in [2.24, 2.45) is 0 Å². The first-order valence-corrected chi connectivity index (χ1v) is 6.26. The molecular formula is C16H14N2O. The van der Waals surface area contributed by atoms with Crippen molar-refractivity contribution >= 4 is 11.0 Å². The number of aliphatic hydroxyl groups excluding tert-OH is 1. The molecule has 2 aromatic carbocycles. The molecule has 0 saturated heterocycles. The number of aromatic nitrogens is 2. The molecule has 0 aliphatic carbocycles. The Bertz CT molecular complexity index is 682. The standard InChI is InChI=1S/C16H14N2O/c19-16(12-6-2-1-3-7-12)10-13-11-17-14-8-4-5-9-15(14)18-13/h1-9,11,16,19H,10H2/t16-/m0/s1. The maximum atomic E-state index is 10.2. The molecule has 1 N–H and O–H groups in total. The molecule has 1 heterocycles. The summed E-state index contributed by atoms with van der Waals surface area (Å²) in [6.07, 6.45) is 1.66. The number of rotatable bonds is 3. The van der Waals surface area contributed by atoms with Crippen LogP contribution in [-0.2, 0) is 6.42 Å². The number of para-hydroxylation sites is 2. The third-order valence-electron chi connectivity index (χ3n) is 3.09. The van der Waals surface area contributed by atoms with E-state index >= 15 is 0 Å². The van der Waals surface area contributed by atoms with Gasteiger partial charge in [0.2, 0.25) is 0 Å². The summed E-state index contributed by atoms with van der Waals surface area (Å²) in [5.41, 5.74) is 3.44. The second-order valence-corrected chi connectivity index (χ2v) is 4.48. The van der Waals surface area contributed by atoms with E-state index in [0.717, 1.165) is 22.3 Å². The van der Waals surface area contributed by atoms with E-state index in [9.17, 15) is 5.11 Å². The summed E-state index contributed by atoms with van der Waals surface area (Å²) >= 11 is 0. The number of nitrogens with zero attached hydrogens (tertiary/aromatic N) is 2. The van der Waals surface area contributed by atoms with Crippen LogP contribution in [0.4, 0.5) is 0 Å². The zero-order chi connectivity index (χ0) is 13.1. The van der Waals surface area contributed by atoms with Crippen LogP contribution in [0.1, 0.15) is 17.4 Å². The van der Waals surface area contributed by atoms with Gasteiger partial charge in [0.15, 0.2) is 0 Å². The Morgan fingerprint density at radius 2 is 1.58 bits per heavy atom. The lowest BCUT2D eigenvalue weighted by atomic mass is 10.1. The molecule has 94 valence electrons. The highest BCUT2D eigenvalue weighted by atomic mass is 16.3. The van der Waals surface area contributed by atoms with Gasteiger partial charge in [-0.05, 0) is 17.7 Å². The Hall–Kier alpha value is -2.26. The molecule has 3 rings (SSSR count). The summed E-state index contributed by atoms with van der Waals surface area (Å²) in [7, 11) is 0. The van der Waals surface area contributed by atoms with Crippen LogP contribution in [0.5, 0.6) is 0 Å². The van der Waals surface area contributed by atoms with Gasteiger partial charge in [0, 0.05) is 12.6 Å². The van der Waals surface area contributed by atoms with E-state index in [-0.39, 0.29) is 0 Å². The molecule has 1 atom stereocenters. The Morgan fingerprint density at radius 3 is 2.37 bits per heavy atom. The van der Waals surface area contributed by atoms with Crippen molar-refractivity contribution in [3.63, 3.8) is 0 Å². The van der Waals surface area contributed by atoms with E-state index < -0.39 is 6.10 Å². The Morgan fingerprint density at radius 1 is 0.895 bits per heavy atom. The number of benzene rings is 2. The van der Waals surface area contributed by atoms with Gasteiger partial charge in [-0.1, -0.05) is 42.5 Å². The zero-order valence-electron chi connectivity index (χ0n) is 10.4. The molecule has 0 fully saturated rings. The van der Waals surface area contributed by atoms with E-state index in [4.69, 9.17) is 0 Å². The van der Waals surface area contributed by atoms with Gasteiger partial charge in [0.25, 0.3) is 0 Å². The van der Waals surface area contributed by atoms with Crippen LogP contribution in [-0.4, -0.2) is 15.1 Å². The third-order valence-corrected chi connectivity index (χ3v) is 3.09. The van der Waals surface area contributed by atoms with Crippen molar-refractivity contribution in [3.05, 3.63) is 72.1 Å². The van der Waals surface area contributed by atoms with Gasteiger partial charge < -0.3 is 5.11 Å². The highest BCUT2D eigenvalue weighted by Crippen LogP contribution is 2.17. The second kappa shape index (κ2) is 5.16. The SMILES string of the molecule is O[C@@H](Cc1cnc2ccccc2n1)c1ccccc1. The highest BCUT2D eigenvalue weighted by molar-refractivity contribution is 5.73. The van der Waals surface area contributed by atoms with Crippen molar-refractivity contribution < 1.29 is 5.11 Å². The van der Waals surface area contributed by atoms with E-state index in [2.05, 4.69) is 9.97 Å². The minimum Gasteiger partial charge on any atom is -0.388 e. The molecule has 0 aliphatic heterocycles. The first-order chi connectivity index (χ1) is 9.33. The van der Waals surface area contributed by atoms with Crippen molar-refractivity contribution in [1.29, 1.82) is 0 Å². The fourth-order valence-electron chi connectivity index (χ4n) is 2.08. The molecular weight excluding hydrogens is 236 g/mol. The topological polar surface area (TPSA) is 46.0 Å². The van der Waals surface area contributed by atoms with E-state index in [0.29, 0.717) is 6.42 Å². The summed E-state index contributed by atoms with van der Waals surface area (Å²) in [4.78, 5) is 8.87. The molecule has 1 aromatic heterocycles. The van der Waals surface area contributed by atoms with Crippen LogP contribution in [0.2, 0.25) is 0 Å². The number of fused-ring (bicyclic) bond motifs is 1. The molecule has 0 radical (unpaired) electrons. The molecule has 0 bridgehead atoms. The van der Waals surface area contributed by atoms with Gasteiger partial charge in [0.1, 0.15) is 0 Å². The molecule has 0 saturated carbocycles. The van der Waals surface area contributed by atoms with Crippen molar-refractivity contribution in [3.8, 4) is 0 Å². The zero-order valence-corrected chi connectivity index (χ0v) is 10.4. The Labute approximate surface area is 111 Å². The van der Waals surface area contributed by atoms with Crippen molar-refractivity contribution in [2.75, 3.05) is 0 Å². The maximum Gasteiger partial charge on any atom is 0.0890 e. The minimum atomic E-state index is -0.545. The minimum absolute atomic E-state index is 0.474. The largest absolute Gasteiger partial charge is 0.388 e. The molecule has 19 heavy (non-hydrogen) atoms. The molecule has 3 heteroatoms.